The molecule has 0 radical (unpaired) electrons. The van der Waals surface area contributed by atoms with Crippen LogP contribution in [0.5, 0.6) is 0 Å². The fourth-order valence-electron chi connectivity index (χ4n) is 2.54. The van der Waals surface area contributed by atoms with Gasteiger partial charge in [-0.1, -0.05) is 25.8 Å². The van der Waals surface area contributed by atoms with Gasteiger partial charge in [0.2, 0.25) is 0 Å². The van der Waals surface area contributed by atoms with Crippen LogP contribution >= 0.6 is 0 Å². The van der Waals surface area contributed by atoms with Crippen molar-refractivity contribution in [1.29, 1.82) is 0 Å². The molecule has 1 aliphatic rings. The van der Waals surface area contributed by atoms with Crippen molar-refractivity contribution in [2.24, 2.45) is 0 Å². The van der Waals surface area contributed by atoms with Crippen molar-refractivity contribution < 1.29 is 0 Å². The Morgan fingerprint density at radius 3 is 3.07 bits per heavy atom. The van der Waals surface area contributed by atoms with E-state index < -0.39 is 0 Å². The molecule has 1 saturated heterocycles. The van der Waals surface area contributed by atoms with E-state index in [1.165, 1.54) is 31.2 Å². The van der Waals surface area contributed by atoms with Gasteiger partial charge in [0, 0.05) is 17.9 Å². The Hall–Kier alpha value is -0.890. The molecule has 1 aliphatic heterocycles. The molecular weight excluding hydrogens is 184 g/mol. The van der Waals surface area contributed by atoms with Crippen molar-refractivity contribution in [1.82, 2.24) is 10.3 Å². The summed E-state index contributed by atoms with van der Waals surface area (Å²) in [6, 6.07) is 4.24. The van der Waals surface area contributed by atoms with E-state index in [4.69, 9.17) is 0 Å². The highest BCUT2D eigenvalue weighted by Crippen LogP contribution is 2.32. The predicted molar refractivity (Wildman–Crippen MR) is 62.7 cm³/mol. The number of hydrogen-bond donors (Lipinski definition) is 1. The van der Waals surface area contributed by atoms with Crippen LogP contribution in [0.2, 0.25) is 0 Å². The third-order valence-corrected chi connectivity index (χ3v) is 3.56. The summed E-state index contributed by atoms with van der Waals surface area (Å²) in [5.41, 5.74) is 1.54. The quantitative estimate of drug-likeness (QED) is 0.801. The zero-order valence-electron chi connectivity index (χ0n) is 9.50. The molecule has 1 fully saturated rings. The molecule has 2 rings (SSSR count). The molecule has 2 heterocycles. The van der Waals surface area contributed by atoms with Crippen LogP contribution in [0.15, 0.2) is 24.5 Å². The predicted octanol–water partition coefficient (Wildman–Crippen LogP) is 2.85. The van der Waals surface area contributed by atoms with E-state index in [1.54, 1.807) is 0 Å². The molecule has 1 unspecified atom stereocenters. The molecule has 1 N–H and O–H groups in total. The van der Waals surface area contributed by atoms with Crippen LogP contribution in [-0.2, 0) is 5.54 Å². The minimum Gasteiger partial charge on any atom is -0.307 e. The summed E-state index contributed by atoms with van der Waals surface area (Å²) in [6.07, 6.45) is 10.3. The molecule has 0 aliphatic carbocycles. The number of nitrogens with zero attached hydrogens (tertiary/aromatic N) is 1. The Morgan fingerprint density at radius 2 is 2.33 bits per heavy atom. The molecule has 82 valence electrons. The second-order valence-corrected chi connectivity index (χ2v) is 4.41. The highest BCUT2D eigenvalue weighted by molar-refractivity contribution is 5.20. The molecule has 0 spiro atoms. The van der Waals surface area contributed by atoms with Crippen molar-refractivity contribution in [3.8, 4) is 0 Å². The number of hydrogen-bond acceptors (Lipinski definition) is 2. The monoisotopic (exact) mass is 204 g/mol. The highest BCUT2D eigenvalue weighted by Gasteiger charge is 2.30. The van der Waals surface area contributed by atoms with Gasteiger partial charge in [-0.25, -0.2) is 0 Å². The summed E-state index contributed by atoms with van der Waals surface area (Å²) < 4.78 is 0. The topological polar surface area (TPSA) is 24.9 Å². The summed E-state index contributed by atoms with van der Waals surface area (Å²) in [7, 11) is 0. The first-order chi connectivity index (χ1) is 7.37. The lowest BCUT2D eigenvalue weighted by Gasteiger charge is -2.33. The van der Waals surface area contributed by atoms with Crippen LogP contribution in [0.1, 0.15) is 44.6 Å². The van der Waals surface area contributed by atoms with E-state index in [1.807, 2.05) is 18.5 Å². The second kappa shape index (κ2) is 4.75. The molecule has 1 aromatic rings. The van der Waals surface area contributed by atoms with Crippen LogP contribution in [-0.4, -0.2) is 11.5 Å². The maximum atomic E-state index is 4.24. The third kappa shape index (κ3) is 2.20. The summed E-state index contributed by atoms with van der Waals surface area (Å²) in [6.45, 7) is 3.41. The normalized spacial score (nSPS) is 27.3. The van der Waals surface area contributed by atoms with Crippen molar-refractivity contribution >= 4 is 0 Å². The second-order valence-electron chi connectivity index (χ2n) is 4.41. The van der Waals surface area contributed by atoms with Gasteiger partial charge in [-0.15, -0.1) is 0 Å². The maximum absolute atomic E-state index is 4.24. The summed E-state index contributed by atoms with van der Waals surface area (Å²) in [5.74, 6) is 0. The first kappa shape index (κ1) is 10.6. The van der Waals surface area contributed by atoms with Crippen LogP contribution in [0.25, 0.3) is 0 Å². The lowest BCUT2D eigenvalue weighted by atomic mass is 9.84. The molecule has 1 aromatic heterocycles. The van der Waals surface area contributed by atoms with E-state index in [2.05, 4.69) is 23.3 Å². The Kier molecular flexibility index (Phi) is 3.37. The molecule has 0 aromatic carbocycles. The van der Waals surface area contributed by atoms with Gasteiger partial charge in [-0.3, -0.25) is 4.98 Å². The molecule has 0 bridgehead atoms. The number of pyridine rings is 1. The van der Waals surface area contributed by atoms with E-state index in [9.17, 15) is 0 Å². The largest absolute Gasteiger partial charge is 0.307 e. The van der Waals surface area contributed by atoms with Crippen LogP contribution < -0.4 is 5.32 Å². The lowest BCUT2D eigenvalue weighted by molar-refractivity contribution is 0.311. The van der Waals surface area contributed by atoms with Crippen LogP contribution in [0.4, 0.5) is 0 Å². The van der Waals surface area contributed by atoms with E-state index in [0.29, 0.717) is 0 Å². The summed E-state index contributed by atoms with van der Waals surface area (Å²) in [5, 5.41) is 3.72. The minimum atomic E-state index is 0.185. The van der Waals surface area contributed by atoms with E-state index in [-0.39, 0.29) is 5.54 Å². The molecule has 1 atom stereocenters. The zero-order chi connectivity index (χ0) is 10.6. The standard InChI is InChI=1S/C13H20N2/c1-2-13(8-4-3-5-10-15-13)12-7-6-9-14-11-12/h6-7,9,11,15H,2-5,8,10H2,1H3. The average molecular weight is 204 g/mol. The first-order valence-corrected chi connectivity index (χ1v) is 6.03. The van der Waals surface area contributed by atoms with Gasteiger partial charge < -0.3 is 5.32 Å². The molecule has 2 heteroatoms. The van der Waals surface area contributed by atoms with Gasteiger partial charge in [-0.2, -0.15) is 0 Å². The van der Waals surface area contributed by atoms with Crippen molar-refractivity contribution in [2.75, 3.05) is 6.54 Å². The fourth-order valence-corrected chi connectivity index (χ4v) is 2.54. The average Bonchev–Trinajstić information content (AvgIpc) is 2.56. The number of rotatable bonds is 2. The lowest BCUT2D eigenvalue weighted by Crippen LogP contribution is -2.41. The summed E-state index contributed by atoms with van der Waals surface area (Å²) >= 11 is 0. The molecule has 2 nitrogen and oxygen atoms in total. The Morgan fingerprint density at radius 1 is 1.40 bits per heavy atom. The number of aromatic nitrogens is 1. The summed E-state index contributed by atoms with van der Waals surface area (Å²) in [4.78, 5) is 4.24. The molecule has 0 saturated carbocycles. The minimum absolute atomic E-state index is 0.185. The Labute approximate surface area is 92.1 Å². The zero-order valence-corrected chi connectivity index (χ0v) is 9.50. The maximum Gasteiger partial charge on any atom is 0.0447 e. The Bertz CT molecular complexity index is 287. The first-order valence-electron chi connectivity index (χ1n) is 6.03. The van der Waals surface area contributed by atoms with E-state index in [0.717, 1.165) is 13.0 Å². The number of nitrogens with one attached hydrogen (secondary N) is 1. The van der Waals surface area contributed by atoms with E-state index >= 15 is 0 Å². The van der Waals surface area contributed by atoms with Gasteiger partial charge in [0.25, 0.3) is 0 Å². The van der Waals surface area contributed by atoms with Crippen molar-refractivity contribution in [2.45, 2.75) is 44.6 Å². The Balaban J connectivity index is 2.27. The molecule has 0 amide bonds. The smallest absolute Gasteiger partial charge is 0.0447 e. The van der Waals surface area contributed by atoms with Gasteiger partial charge in [0.05, 0.1) is 0 Å². The van der Waals surface area contributed by atoms with Crippen molar-refractivity contribution in [3.63, 3.8) is 0 Å². The van der Waals surface area contributed by atoms with Crippen LogP contribution in [0, 0.1) is 0 Å². The fraction of sp³-hybridized carbons (Fsp3) is 0.615. The third-order valence-electron chi connectivity index (χ3n) is 3.56. The van der Waals surface area contributed by atoms with Gasteiger partial charge >= 0.3 is 0 Å². The van der Waals surface area contributed by atoms with Gasteiger partial charge in [-0.05, 0) is 37.4 Å². The van der Waals surface area contributed by atoms with Gasteiger partial charge in [0.1, 0.15) is 0 Å². The van der Waals surface area contributed by atoms with Gasteiger partial charge in [0.15, 0.2) is 0 Å². The van der Waals surface area contributed by atoms with Crippen molar-refractivity contribution in [3.05, 3.63) is 30.1 Å². The molecular formula is C13H20N2. The molecule has 15 heavy (non-hydrogen) atoms. The SMILES string of the molecule is CCC1(c2cccnc2)CCCCCN1. The highest BCUT2D eigenvalue weighted by atomic mass is 15.0. The van der Waals surface area contributed by atoms with Crippen LogP contribution in [0.3, 0.4) is 0 Å².